The summed E-state index contributed by atoms with van der Waals surface area (Å²) < 4.78 is 5.60. The lowest BCUT2D eigenvalue weighted by Crippen LogP contribution is -2.46. The molecule has 3 nitrogen and oxygen atoms in total. The van der Waals surface area contributed by atoms with Gasteiger partial charge in [0, 0.05) is 25.2 Å². The second kappa shape index (κ2) is 6.46. The predicted molar refractivity (Wildman–Crippen MR) is 63.9 cm³/mol. The average Bonchev–Trinajstić information content (AvgIpc) is 2.14. The number of rotatable bonds is 5. The number of ether oxygens (including phenoxy) is 1. The highest BCUT2D eigenvalue weighted by atomic mass is 16.5. The second-order valence-corrected chi connectivity index (χ2v) is 5.14. The highest BCUT2D eigenvalue weighted by Gasteiger charge is 2.22. The Hall–Kier alpha value is -0.120. The lowest BCUT2D eigenvalue weighted by atomic mass is 9.99. The number of nitrogens with two attached hydrogens (primary N) is 1. The third-order valence-electron chi connectivity index (χ3n) is 3.03. The topological polar surface area (TPSA) is 38.5 Å². The van der Waals surface area contributed by atoms with Crippen LogP contribution in [0.1, 0.15) is 33.6 Å². The van der Waals surface area contributed by atoms with Crippen molar-refractivity contribution in [1.82, 2.24) is 4.90 Å². The van der Waals surface area contributed by atoms with E-state index in [9.17, 15) is 0 Å². The van der Waals surface area contributed by atoms with Crippen molar-refractivity contribution in [2.45, 2.75) is 45.7 Å². The van der Waals surface area contributed by atoms with E-state index in [0.717, 1.165) is 39.1 Å². The molecule has 0 amide bonds. The van der Waals surface area contributed by atoms with E-state index in [1.54, 1.807) is 0 Å². The number of hydrogen-bond acceptors (Lipinski definition) is 3. The van der Waals surface area contributed by atoms with Gasteiger partial charge in [0.25, 0.3) is 0 Å². The van der Waals surface area contributed by atoms with Crippen molar-refractivity contribution in [3.63, 3.8) is 0 Å². The Kier molecular flexibility index (Phi) is 5.58. The quantitative estimate of drug-likeness (QED) is 0.704. The summed E-state index contributed by atoms with van der Waals surface area (Å²) in [5.41, 5.74) is 5.92. The molecule has 0 aromatic heterocycles. The summed E-state index contributed by atoms with van der Waals surface area (Å²) in [6.07, 6.45) is 2.26. The molecule has 1 aliphatic heterocycles. The van der Waals surface area contributed by atoms with Gasteiger partial charge in [-0.05, 0) is 32.2 Å². The van der Waals surface area contributed by atoms with Crippen molar-refractivity contribution in [2.24, 2.45) is 11.7 Å². The highest BCUT2D eigenvalue weighted by molar-refractivity contribution is 4.80. The zero-order chi connectivity index (χ0) is 11.3. The van der Waals surface area contributed by atoms with Gasteiger partial charge in [-0.15, -0.1) is 0 Å². The van der Waals surface area contributed by atoms with Crippen LogP contribution in [0.2, 0.25) is 0 Å². The van der Waals surface area contributed by atoms with E-state index in [-0.39, 0.29) is 0 Å². The van der Waals surface area contributed by atoms with Crippen LogP contribution in [0.3, 0.4) is 0 Å². The molecule has 15 heavy (non-hydrogen) atoms. The summed E-state index contributed by atoms with van der Waals surface area (Å²) in [6.45, 7) is 10.6. The van der Waals surface area contributed by atoms with Crippen LogP contribution in [0, 0.1) is 5.92 Å². The molecular formula is C12H26N2O. The van der Waals surface area contributed by atoms with Crippen molar-refractivity contribution >= 4 is 0 Å². The van der Waals surface area contributed by atoms with Gasteiger partial charge in [-0.25, -0.2) is 0 Å². The molecule has 0 saturated carbocycles. The van der Waals surface area contributed by atoms with Crippen molar-refractivity contribution < 1.29 is 4.74 Å². The third kappa shape index (κ3) is 4.96. The molecule has 3 heteroatoms. The molecule has 1 heterocycles. The van der Waals surface area contributed by atoms with Crippen LogP contribution in [-0.4, -0.2) is 43.3 Å². The van der Waals surface area contributed by atoms with Crippen LogP contribution in [0.4, 0.5) is 0 Å². The zero-order valence-electron chi connectivity index (χ0n) is 10.4. The van der Waals surface area contributed by atoms with Crippen LogP contribution in [-0.2, 0) is 4.74 Å². The predicted octanol–water partition coefficient (Wildman–Crippen LogP) is 1.47. The summed E-state index contributed by atoms with van der Waals surface area (Å²) >= 11 is 0. The van der Waals surface area contributed by atoms with Crippen LogP contribution in [0.25, 0.3) is 0 Å². The maximum absolute atomic E-state index is 5.92. The van der Waals surface area contributed by atoms with Crippen molar-refractivity contribution in [1.29, 1.82) is 0 Å². The molecule has 0 aliphatic carbocycles. The summed E-state index contributed by atoms with van der Waals surface area (Å²) in [6, 6.07) is 1.03. The number of nitrogens with zero attached hydrogens (tertiary/aromatic N) is 1. The highest BCUT2D eigenvalue weighted by Crippen LogP contribution is 2.15. The van der Waals surface area contributed by atoms with Gasteiger partial charge in [0.2, 0.25) is 0 Å². The molecule has 2 atom stereocenters. The van der Waals surface area contributed by atoms with Crippen molar-refractivity contribution in [3.8, 4) is 0 Å². The Labute approximate surface area is 94.0 Å². The molecule has 0 bridgehead atoms. The number of hydrogen-bond donors (Lipinski definition) is 1. The summed E-state index contributed by atoms with van der Waals surface area (Å²) in [4.78, 5) is 2.49. The smallest absolute Gasteiger partial charge is 0.0593 e. The molecule has 0 aromatic carbocycles. The van der Waals surface area contributed by atoms with Gasteiger partial charge in [0.05, 0.1) is 6.61 Å². The van der Waals surface area contributed by atoms with E-state index in [1.165, 1.54) is 0 Å². The fraction of sp³-hybridized carbons (Fsp3) is 1.00. The minimum Gasteiger partial charge on any atom is -0.380 e. The van der Waals surface area contributed by atoms with E-state index in [1.807, 2.05) is 0 Å². The van der Waals surface area contributed by atoms with Gasteiger partial charge < -0.3 is 10.5 Å². The Morgan fingerprint density at radius 3 is 2.80 bits per heavy atom. The standard InChI is InChI=1S/C12H26N2O/c1-10(2)9-15-7-6-14-5-4-12(13)8-11(14)3/h10-12H,4-9,13H2,1-3H3. The molecule has 1 aliphatic rings. The molecular weight excluding hydrogens is 188 g/mol. The monoisotopic (exact) mass is 214 g/mol. The first-order chi connectivity index (χ1) is 7.09. The molecule has 2 N–H and O–H groups in total. The largest absolute Gasteiger partial charge is 0.380 e. The van der Waals surface area contributed by atoms with Gasteiger partial charge >= 0.3 is 0 Å². The maximum Gasteiger partial charge on any atom is 0.0593 e. The first-order valence-corrected chi connectivity index (χ1v) is 6.17. The normalized spacial score (nSPS) is 28.6. The molecule has 0 spiro atoms. The minimum absolute atomic E-state index is 0.410. The summed E-state index contributed by atoms with van der Waals surface area (Å²) in [5, 5.41) is 0. The maximum atomic E-state index is 5.92. The van der Waals surface area contributed by atoms with Crippen LogP contribution in [0.15, 0.2) is 0 Å². The van der Waals surface area contributed by atoms with Gasteiger partial charge in [0.15, 0.2) is 0 Å². The first kappa shape index (κ1) is 12.9. The minimum atomic E-state index is 0.410. The zero-order valence-corrected chi connectivity index (χ0v) is 10.4. The van der Waals surface area contributed by atoms with Crippen LogP contribution >= 0.6 is 0 Å². The lowest BCUT2D eigenvalue weighted by Gasteiger charge is -2.36. The average molecular weight is 214 g/mol. The summed E-state index contributed by atoms with van der Waals surface area (Å²) in [5.74, 6) is 0.636. The lowest BCUT2D eigenvalue weighted by molar-refractivity contribution is 0.0610. The Balaban J connectivity index is 2.10. The molecule has 1 rings (SSSR count). The van der Waals surface area contributed by atoms with Gasteiger partial charge in [-0.2, -0.15) is 0 Å². The number of piperidine rings is 1. The second-order valence-electron chi connectivity index (χ2n) is 5.14. The van der Waals surface area contributed by atoms with E-state index in [0.29, 0.717) is 18.0 Å². The summed E-state index contributed by atoms with van der Waals surface area (Å²) in [7, 11) is 0. The molecule has 0 radical (unpaired) electrons. The molecule has 2 unspecified atom stereocenters. The molecule has 1 saturated heterocycles. The third-order valence-corrected chi connectivity index (χ3v) is 3.03. The van der Waals surface area contributed by atoms with E-state index < -0.39 is 0 Å². The van der Waals surface area contributed by atoms with E-state index >= 15 is 0 Å². The van der Waals surface area contributed by atoms with Crippen molar-refractivity contribution in [3.05, 3.63) is 0 Å². The van der Waals surface area contributed by atoms with E-state index in [4.69, 9.17) is 10.5 Å². The van der Waals surface area contributed by atoms with Gasteiger partial charge in [-0.1, -0.05) is 13.8 Å². The molecule has 1 fully saturated rings. The number of likely N-dealkylation sites (tertiary alicyclic amines) is 1. The van der Waals surface area contributed by atoms with Gasteiger partial charge in [0.1, 0.15) is 0 Å². The van der Waals surface area contributed by atoms with Crippen LogP contribution < -0.4 is 5.73 Å². The Bertz CT molecular complexity index is 173. The fourth-order valence-electron chi connectivity index (χ4n) is 2.09. The SMILES string of the molecule is CC(C)COCCN1CCC(N)CC1C. The van der Waals surface area contributed by atoms with Gasteiger partial charge in [-0.3, -0.25) is 4.90 Å². The molecule has 0 aromatic rings. The fourth-order valence-corrected chi connectivity index (χ4v) is 2.09. The van der Waals surface area contributed by atoms with Crippen LogP contribution in [0.5, 0.6) is 0 Å². The first-order valence-electron chi connectivity index (χ1n) is 6.17. The van der Waals surface area contributed by atoms with Crippen molar-refractivity contribution in [2.75, 3.05) is 26.3 Å². The molecule has 90 valence electrons. The Morgan fingerprint density at radius 2 is 2.20 bits per heavy atom. The Morgan fingerprint density at radius 1 is 1.47 bits per heavy atom. The van der Waals surface area contributed by atoms with E-state index in [2.05, 4.69) is 25.7 Å².